The molecule has 0 unspecified atom stereocenters. The van der Waals surface area contributed by atoms with Gasteiger partial charge in [-0.05, 0) is 14.0 Å². The molecule has 0 bridgehead atoms. The Morgan fingerprint density at radius 1 is 1.43 bits per heavy atom. The van der Waals surface area contributed by atoms with Crippen LogP contribution in [0, 0.1) is 0 Å². The molecule has 0 saturated carbocycles. The van der Waals surface area contributed by atoms with Crippen molar-refractivity contribution in [3.63, 3.8) is 0 Å². The molecular weight excluding hydrogens is 100 g/mol. The molecule has 1 atom stereocenters. The lowest BCUT2D eigenvalue weighted by molar-refractivity contribution is 0.110. The van der Waals surface area contributed by atoms with Gasteiger partial charge in [-0.3, -0.25) is 0 Å². The number of nitrogens with one attached hydrogen (secondary N) is 1. The van der Waals surface area contributed by atoms with Gasteiger partial charge in [0.1, 0.15) is 0 Å². The molecule has 0 aromatic carbocycles. The first-order chi connectivity index (χ1) is 3.18. The molecule has 0 fully saturated rings. The minimum atomic E-state index is -2.25. The first kappa shape index (κ1) is 6.82. The van der Waals surface area contributed by atoms with Crippen molar-refractivity contribution in [1.82, 2.24) is 5.32 Å². The van der Waals surface area contributed by atoms with E-state index in [1.54, 1.807) is 0 Å². The fourth-order valence-electron chi connectivity index (χ4n) is 0.126. The number of halogens is 2. The van der Waals surface area contributed by atoms with Gasteiger partial charge in [-0.1, -0.05) is 0 Å². The van der Waals surface area contributed by atoms with Gasteiger partial charge in [0.25, 0.3) is 6.43 Å². The summed E-state index contributed by atoms with van der Waals surface area (Å²) >= 11 is 0. The average Bonchev–Trinajstić information content (AvgIpc) is 1.65. The highest BCUT2D eigenvalue weighted by Crippen LogP contribution is 1.96. The summed E-state index contributed by atoms with van der Waals surface area (Å²) in [6.45, 7) is 1.44. The van der Waals surface area contributed by atoms with E-state index in [0.717, 1.165) is 0 Å². The normalized spacial score (nSPS) is 15.0. The van der Waals surface area contributed by atoms with Crippen LogP contribution in [0.15, 0.2) is 0 Å². The number of hydrogen-bond acceptors (Lipinski definition) is 1. The predicted octanol–water partition coefficient (Wildman–Crippen LogP) is 0.859. The Bertz CT molecular complexity index is 47.0. The third kappa shape index (κ3) is 2.51. The zero-order valence-electron chi connectivity index (χ0n) is 4.41. The van der Waals surface area contributed by atoms with Crippen molar-refractivity contribution in [2.24, 2.45) is 0 Å². The topological polar surface area (TPSA) is 12.0 Å². The maximum atomic E-state index is 11.4. The van der Waals surface area contributed by atoms with Crippen LogP contribution in [0.5, 0.6) is 0 Å². The molecule has 0 aliphatic heterocycles. The summed E-state index contributed by atoms with van der Waals surface area (Å²) in [5.74, 6) is 0. The van der Waals surface area contributed by atoms with Crippen molar-refractivity contribution in [2.75, 3.05) is 7.05 Å². The van der Waals surface area contributed by atoms with Gasteiger partial charge in [0.2, 0.25) is 0 Å². The van der Waals surface area contributed by atoms with Gasteiger partial charge in [-0.15, -0.1) is 0 Å². The third-order valence-electron chi connectivity index (χ3n) is 0.833. The van der Waals surface area contributed by atoms with Gasteiger partial charge in [0, 0.05) is 0 Å². The fraction of sp³-hybridized carbons (Fsp3) is 1.00. The maximum Gasteiger partial charge on any atom is 0.253 e. The molecule has 7 heavy (non-hydrogen) atoms. The van der Waals surface area contributed by atoms with Gasteiger partial charge in [0.05, 0.1) is 6.04 Å². The average molecular weight is 109 g/mol. The first-order valence-corrected chi connectivity index (χ1v) is 2.14. The largest absolute Gasteiger partial charge is 0.312 e. The smallest absolute Gasteiger partial charge is 0.253 e. The van der Waals surface area contributed by atoms with Crippen molar-refractivity contribution in [1.29, 1.82) is 0 Å². The summed E-state index contributed by atoms with van der Waals surface area (Å²) in [4.78, 5) is 0. The standard InChI is InChI=1S/C4H9F2N/c1-3(7-2)4(5)6/h3-4,7H,1-2H3/t3-/m1/s1. The zero-order chi connectivity index (χ0) is 5.86. The Morgan fingerprint density at radius 2 is 1.86 bits per heavy atom. The van der Waals surface area contributed by atoms with Gasteiger partial charge < -0.3 is 5.32 Å². The Balaban J connectivity index is 3.14. The highest BCUT2D eigenvalue weighted by molar-refractivity contribution is 4.56. The Hall–Kier alpha value is -0.180. The van der Waals surface area contributed by atoms with Crippen molar-refractivity contribution in [2.45, 2.75) is 19.4 Å². The molecule has 0 aliphatic rings. The molecule has 0 saturated heterocycles. The van der Waals surface area contributed by atoms with E-state index in [0.29, 0.717) is 0 Å². The first-order valence-electron chi connectivity index (χ1n) is 2.14. The molecular formula is C4H9F2N. The van der Waals surface area contributed by atoms with E-state index in [4.69, 9.17) is 0 Å². The summed E-state index contributed by atoms with van der Waals surface area (Å²) in [5, 5.41) is 2.41. The molecule has 0 spiro atoms. The minimum absolute atomic E-state index is 0.681. The quantitative estimate of drug-likeness (QED) is 0.554. The Kier molecular flexibility index (Phi) is 2.83. The molecule has 0 rings (SSSR count). The lowest BCUT2D eigenvalue weighted by Gasteiger charge is -2.05. The summed E-state index contributed by atoms with van der Waals surface area (Å²) < 4.78 is 22.7. The second-order valence-electron chi connectivity index (χ2n) is 1.41. The van der Waals surface area contributed by atoms with Crippen molar-refractivity contribution >= 4 is 0 Å². The second-order valence-corrected chi connectivity index (χ2v) is 1.41. The zero-order valence-corrected chi connectivity index (χ0v) is 4.41. The van der Waals surface area contributed by atoms with Crippen LogP contribution >= 0.6 is 0 Å². The van der Waals surface area contributed by atoms with Crippen LogP contribution in [-0.2, 0) is 0 Å². The second kappa shape index (κ2) is 2.91. The van der Waals surface area contributed by atoms with Crippen LogP contribution in [0.1, 0.15) is 6.92 Å². The van der Waals surface area contributed by atoms with E-state index in [-0.39, 0.29) is 0 Å². The number of hydrogen-bond donors (Lipinski definition) is 1. The monoisotopic (exact) mass is 109 g/mol. The molecule has 0 aromatic rings. The predicted molar refractivity (Wildman–Crippen MR) is 24.5 cm³/mol. The molecule has 0 aromatic heterocycles. The molecule has 1 nitrogen and oxygen atoms in total. The lowest BCUT2D eigenvalue weighted by atomic mass is 10.4. The molecule has 44 valence electrons. The molecule has 0 aliphatic carbocycles. The summed E-state index contributed by atoms with van der Waals surface area (Å²) in [7, 11) is 1.51. The molecule has 0 heterocycles. The van der Waals surface area contributed by atoms with Gasteiger partial charge in [-0.2, -0.15) is 0 Å². The van der Waals surface area contributed by atoms with Crippen LogP contribution in [0.4, 0.5) is 8.78 Å². The summed E-state index contributed by atoms with van der Waals surface area (Å²) in [6, 6.07) is -0.681. The summed E-state index contributed by atoms with van der Waals surface area (Å²) in [5.41, 5.74) is 0. The Labute approximate surface area is 41.7 Å². The summed E-state index contributed by atoms with van der Waals surface area (Å²) in [6.07, 6.45) is -2.25. The van der Waals surface area contributed by atoms with Crippen LogP contribution in [-0.4, -0.2) is 19.5 Å². The molecule has 0 radical (unpaired) electrons. The van der Waals surface area contributed by atoms with E-state index >= 15 is 0 Å². The van der Waals surface area contributed by atoms with Gasteiger partial charge in [-0.25, -0.2) is 8.78 Å². The SMILES string of the molecule is CN[C@H](C)C(F)F. The van der Waals surface area contributed by atoms with E-state index in [2.05, 4.69) is 5.32 Å². The third-order valence-corrected chi connectivity index (χ3v) is 0.833. The number of alkyl halides is 2. The van der Waals surface area contributed by atoms with Crippen LogP contribution in [0.3, 0.4) is 0 Å². The van der Waals surface area contributed by atoms with Crippen molar-refractivity contribution in [3.8, 4) is 0 Å². The van der Waals surface area contributed by atoms with Crippen LogP contribution in [0.25, 0.3) is 0 Å². The highest BCUT2D eigenvalue weighted by Gasteiger charge is 2.09. The minimum Gasteiger partial charge on any atom is -0.312 e. The maximum absolute atomic E-state index is 11.4. The van der Waals surface area contributed by atoms with Gasteiger partial charge in [0.15, 0.2) is 0 Å². The molecule has 0 amide bonds. The van der Waals surface area contributed by atoms with Crippen molar-refractivity contribution < 1.29 is 8.78 Å². The van der Waals surface area contributed by atoms with E-state index in [1.165, 1.54) is 14.0 Å². The molecule has 3 heteroatoms. The highest BCUT2D eigenvalue weighted by atomic mass is 19.3. The van der Waals surface area contributed by atoms with Crippen molar-refractivity contribution in [3.05, 3.63) is 0 Å². The fourth-order valence-corrected chi connectivity index (χ4v) is 0.126. The lowest BCUT2D eigenvalue weighted by Crippen LogP contribution is -2.28. The Morgan fingerprint density at radius 3 is 1.86 bits per heavy atom. The van der Waals surface area contributed by atoms with Crippen LogP contribution in [0.2, 0.25) is 0 Å². The van der Waals surface area contributed by atoms with Gasteiger partial charge >= 0.3 is 0 Å². The van der Waals surface area contributed by atoms with E-state index < -0.39 is 12.5 Å². The van der Waals surface area contributed by atoms with Crippen LogP contribution < -0.4 is 5.32 Å². The van der Waals surface area contributed by atoms with E-state index in [1.807, 2.05) is 0 Å². The van der Waals surface area contributed by atoms with E-state index in [9.17, 15) is 8.78 Å². The number of rotatable bonds is 2. The molecule has 1 N–H and O–H groups in total.